The maximum Gasteiger partial charge on any atom is 0.368 e. The number of rotatable bonds is 9. The highest BCUT2D eigenvalue weighted by Crippen LogP contribution is 2.40. The second-order valence-corrected chi connectivity index (χ2v) is 7.16. The standard InChI is InChI=1S/C18H22O6S/c1-12(2)16(19)22-21-14(5)25-18(6,15-10-8-7-9-11-15)24-23-17(20)13(3)4/h7-11,14H,1,3H2,2,4-6H3. The quantitative estimate of drug-likeness (QED) is 0.283. The highest BCUT2D eigenvalue weighted by molar-refractivity contribution is 8.00. The van der Waals surface area contributed by atoms with Gasteiger partial charge in [-0.1, -0.05) is 55.3 Å². The van der Waals surface area contributed by atoms with Crippen LogP contribution in [0.5, 0.6) is 0 Å². The largest absolute Gasteiger partial charge is 0.368 e. The summed E-state index contributed by atoms with van der Waals surface area (Å²) in [6.07, 6.45) is 0. The molecule has 0 amide bonds. The minimum atomic E-state index is -1.10. The molecular formula is C18H22O6S. The topological polar surface area (TPSA) is 71.1 Å². The van der Waals surface area contributed by atoms with Gasteiger partial charge < -0.3 is 0 Å². The summed E-state index contributed by atoms with van der Waals surface area (Å²) in [6, 6.07) is 9.13. The maximum absolute atomic E-state index is 11.6. The Morgan fingerprint density at radius 3 is 2.08 bits per heavy atom. The Hall–Kier alpha value is -2.09. The third-order valence-corrected chi connectivity index (χ3v) is 4.09. The van der Waals surface area contributed by atoms with Gasteiger partial charge in [0.2, 0.25) is 0 Å². The van der Waals surface area contributed by atoms with Crippen LogP contribution in [0, 0.1) is 0 Å². The van der Waals surface area contributed by atoms with E-state index in [-0.39, 0.29) is 11.1 Å². The zero-order valence-corrected chi connectivity index (χ0v) is 15.6. The van der Waals surface area contributed by atoms with Crippen molar-refractivity contribution in [2.24, 2.45) is 0 Å². The van der Waals surface area contributed by atoms with Crippen LogP contribution in [-0.2, 0) is 34.1 Å². The molecule has 7 heteroatoms. The van der Waals surface area contributed by atoms with E-state index in [0.29, 0.717) is 0 Å². The first kappa shape index (κ1) is 21.0. The van der Waals surface area contributed by atoms with Crippen molar-refractivity contribution in [1.29, 1.82) is 0 Å². The summed E-state index contributed by atoms with van der Waals surface area (Å²) in [5.41, 5.74) is 0.544. The van der Waals surface area contributed by atoms with Crippen LogP contribution in [0.3, 0.4) is 0 Å². The molecule has 25 heavy (non-hydrogen) atoms. The second kappa shape index (κ2) is 9.41. The van der Waals surface area contributed by atoms with E-state index in [0.717, 1.165) is 17.3 Å². The second-order valence-electron chi connectivity index (χ2n) is 5.48. The lowest BCUT2D eigenvalue weighted by Crippen LogP contribution is -2.27. The smallest absolute Gasteiger partial charge is 0.292 e. The Kier molecular flexibility index (Phi) is 7.89. The molecule has 0 aliphatic rings. The highest BCUT2D eigenvalue weighted by atomic mass is 32.2. The van der Waals surface area contributed by atoms with Crippen molar-refractivity contribution in [3.63, 3.8) is 0 Å². The molecular weight excluding hydrogens is 344 g/mol. The number of carbonyl (C=O) groups excluding carboxylic acids is 2. The molecule has 0 fully saturated rings. The van der Waals surface area contributed by atoms with E-state index >= 15 is 0 Å². The zero-order chi connectivity index (χ0) is 19.0. The van der Waals surface area contributed by atoms with Crippen LogP contribution in [0.25, 0.3) is 0 Å². The van der Waals surface area contributed by atoms with Gasteiger partial charge in [0.15, 0.2) is 10.4 Å². The summed E-state index contributed by atoms with van der Waals surface area (Å²) in [6.45, 7) is 13.4. The summed E-state index contributed by atoms with van der Waals surface area (Å²) in [4.78, 5) is 41.9. The van der Waals surface area contributed by atoms with E-state index < -0.39 is 22.3 Å². The predicted octanol–water partition coefficient (Wildman–Crippen LogP) is 4.04. The normalized spacial score (nSPS) is 14.1. The van der Waals surface area contributed by atoms with Gasteiger partial charge in [-0.25, -0.2) is 9.59 Å². The Morgan fingerprint density at radius 2 is 1.56 bits per heavy atom. The van der Waals surface area contributed by atoms with Crippen molar-refractivity contribution in [1.82, 2.24) is 0 Å². The fourth-order valence-electron chi connectivity index (χ4n) is 1.58. The van der Waals surface area contributed by atoms with Crippen molar-refractivity contribution < 1.29 is 29.1 Å². The minimum Gasteiger partial charge on any atom is -0.292 e. The van der Waals surface area contributed by atoms with Crippen molar-refractivity contribution in [3.8, 4) is 0 Å². The van der Waals surface area contributed by atoms with E-state index in [1.54, 1.807) is 13.8 Å². The molecule has 1 rings (SSSR count). The fourth-order valence-corrected chi connectivity index (χ4v) is 2.64. The van der Waals surface area contributed by atoms with Crippen LogP contribution in [-0.4, -0.2) is 17.4 Å². The fraction of sp³-hybridized carbons (Fsp3) is 0.333. The van der Waals surface area contributed by atoms with Crippen LogP contribution in [0.15, 0.2) is 54.6 Å². The van der Waals surface area contributed by atoms with E-state index in [1.807, 2.05) is 30.3 Å². The molecule has 1 aromatic carbocycles. The molecule has 0 aliphatic heterocycles. The number of carbonyl (C=O) groups is 2. The predicted molar refractivity (Wildman–Crippen MR) is 94.8 cm³/mol. The Balaban J connectivity index is 2.84. The van der Waals surface area contributed by atoms with Gasteiger partial charge in [0.1, 0.15) is 0 Å². The third kappa shape index (κ3) is 6.74. The monoisotopic (exact) mass is 366 g/mol. The number of hydrogen-bond acceptors (Lipinski definition) is 7. The summed E-state index contributed by atoms with van der Waals surface area (Å²) >= 11 is 1.15. The van der Waals surface area contributed by atoms with Crippen molar-refractivity contribution in [2.75, 3.05) is 0 Å². The van der Waals surface area contributed by atoms with E-state index in [1.165, 1.54) is 13.8 Å². The van der Waals surface area contributed by atoms with Gasteiger partial charge in [-0.2, -0.15) is 9.78 Å². The highest BCUT2D eigenvalue weighted by Gasteiger charge is 2.35. The van der Waals surface area contributed by atoms with Gasteiger partial charge in [-0.05, 0) is 33.3 Å². The zero-order valence-electron chi connectivity index (χ0n) is 14.7. The van der Waals surface area contributed by atoms with E-state index in [4.69, 9.17) is 14.7 Å². The molecule has 0 aliphatic carbocycles. The number of benzene rings is 1. The Morgan fingerprint density at radius 1 is 1.04 bits per heavy atom. The lowest BCUT2D eigenvalue weighted by Gasteiger charge is -2.29. The van der Waals surface area contributed by atoms with Gasteiger partial charge in [0, 0.05) is 11.1 Å². The average Bonchev–Trinajstić information content (AvgIpc) is 2.58. The molecule has 0 radical (unpaired) electrons. The van der Waals surface area contributed by atoms with Gasteiger partial charge >= 0.3 is 11.9 Å². The van der Waals surface area contributed by atoms with Gasteiger partial charge in [0.05, 0.1) is 0 Å². The first-order valence-corrected chi connectivity index (χ1v) is 8.35. The SMILES string of the molecule is C=C(C)C(=O)OOC(C)SC(C)(OOC(=O)C(=C)C)c1ccccc1. The van der Waals surface area contributed by atoms with Crippen LogP contribution in [0.4, 0.5) is 0 Å². The Labute approximate surface area is 151 Å². The minimum absolute atomic E-state index is 0.208. The first-order chi connectivity index (χ1) is 11.7. The van der Waals surface area contributed by atoms with Crippen LogP contribution >= 0.6 is 11.8 Å². The van der Waals surface area contributed by atoms with Gasteiger partial charge in [0.25, 0.3) is 0 Å². The van der Waals surface area contributed by atoms with Crippen LogP contribution < -0.4 is 0 Å². The molecule has 0 bridgehead atoms. The molecule has 2 atom stereocenters. The van der Waals surface area contributed by atoms with E-state index in [9.17, 15) is 9.59 Å². The van der Waals surface area contributed by atoms with Crippen molar-refractivity contribution in [2.45, 2.75) is 38.1 Å². The van der Waals surface area contributed by atoms with Gasteiger partial charge in [-0.3, -0.25) is 9.78 Å². The summed E-state index contributed by atoms with van der Waals surface area (Å²) in [7, 11) is 0. The molecule has 0 N–H and O–H groups in total. The molecule has 6 nitrogen and oxygen atoms in total. The molecule has 2 unspecified atom stereocenters. The van der Waals surface area contributed by atoms with Crippen molar-refractivity contribution >= 4 is 23.7 Å². The number of thioether (sulfide) groups is 1. The molecule has 0 heterocycles. The lowest BCUT2D eigenvalue weighted by molar-refractivity contribution is -0.307. The molecule has 0 aromatic heterocycles. The molecule has 0 saturated carbocycles. The number of hydrogen-bond donors (Lipinski definition) is 0. The molecule has 0 spiro atoms. The Bertz CT molecular complexity index is 642. The first-order valence-electron chi connectivity index (χ1n) is 7.47. The molecule has 0 saturated heterocycles. The van der Waals surface area contributed by atoms with E-state index in [2.05, 4.69) is 18.0 Å². The summed E-state index contributed by atoms with van der Waals surface area (Å²) < 4.78 is 0. The third-order valence-electron chi connectivity index (χ3n) is 2.92. The van der Waals surface area contributed by atoms with Crippen LogP contribution in [0.1, 0.15) is 33.3 Å². The average molecular weight is 366 g/mol. The lowest BCUT2D eigenvalue weighted by atomic mass is 10.1. The van der Waals surface area contributed by atoms with Crippen LogP contribution in [0.2, 0.25) is 0 Å². The van der Waals surface area contributed by atoms with Crippen molar-refractivity contribution in [3.05, 3.63) is 60.2 Å². The maximum atomic E-state index is 11.6. The molecule has 1 aromatic rings. The molecule has 136 valence electrons. The summed E-state index contributed by atoms with van der Waals surface area (Å²) in [5, 5.41) is 0. The van der Waals surface area contributed by atoms with Gasteiger partial charge in [-0.15, -0.1) is 0 Å². The summed E-state index contributed by atoms with van der Waals surface area (Å²) in [5.74, 6) is -1.34.